The third-order valence-corrected chi connectivity index (χ3v) is 4.84. The standard InChI is InChI=1S/C13H13NO5S2/c1-18-11(15)5-7(13(17)19-2)14-12(16)10-6-9-8(21-10)3-4-20-9/h3-4,6-7H,5H2,1-2H3,(H,14,16). The van der Waals surface area contributed by atoms with Gasteiger partial charge < -0.3 is 14.8 Å². The van der Waals surface area contributed by atoms with Crippen molar-refractivity contribution in [2.45, 2.75) is 12.5 Å². The highest BCUT2D eigenvalue weighted by molar-refractivity contribution is 7.27. The second-order valence-corrected chi connectivity index (χ2v) is 6.12. The summed E-state index contributed by atoms with van der Waals surface area (Å²) in [6, 6.07) is 2.62. The Kier molecular flexibility index (Phi) is 4.92. The Bertz CT molecular complexity index is 646. The number of rotatable bonds is 5. The first-order chi connectivity index (χ1) is 10.0. The molecule has 0 saturated heterocycles. The van der Waals surface area contributed by atoms with Gasteiger partial charge in [-0.05, 0) is 17.5 Å². The number of esters is 2. The maximum absolute atomic E-state index is 12.2. The van der Waals surface area contributed by atoms with E-state index < -0.39 is 23.9 Å². The number of ether oxygens (including phenoxy) is 2. The van der Waals surface area contributed by atoms with Gasteiger partial charge in [-0.15, -0.1) is 22.7 Å². The predicted molar refractivity (Wildman–Crippen MR) is 79.6 cm³/mol. The highest BCUT2D eigenvalue weighted by Gasteiger charge is 2.26. The lowest BCUT2D eigenvalue weighted by Crippen LogP contribution is -2.42. The van der Waals surface area contributed by atoms with Crippen LogP contribution in [0.2, 0.25) is 0 Å². The fraction of sp³-hybridized carbons (Fsp3) is 0.308. The van der Waals surface area contributed by atoms with Crippen LogP contribution in [0.1, 0.15) is 16.1 Å². The quantitative estimate of drug-likeness (QED) is 0.847. The number of thiophene rings is 2. The lowest BCUT2D eigenvalue weighted by atomic mass is 10.2. The summed E-state index contributed by atoms with van der Waals surface area (Å²) in [4.78, 5) is 35.5. The van der Waals surface area contributed by atoms with Gasteiger partial charge in [-0.3, -0.25) is 9.59 Å². The summed E-state index contributed by atoms with van der Waals surface area (Å²) >= 11 is 2.86. The van der Waals surface area contributed by atoms with Gasteiger partial charge in [0.15, 0.2) is 0 Å². The highest BCUT2D eigenvalue weighted by atomic mass is 32.1. The summed E-state index contributed by atoms with van der Waals surface area (Å²) in [7, 11) is 2.41. The van der Waals surface area contributed by atoms with Crippen LogP contribution in [-0.2, 0) is 19.1 Å². The summed E-state index contributed by atoms with van der Waals surface area (Å²) in [5.41, 5.74) is 0. The van der Waals surface area contributed by atoms with Crippen LogP contribution in [0.5, 0.6) is 0 Å². The first kappa shape index (κ1) is 15.5. The molecule has 8 heteroatoms. The van der Waals surface area contributed by atoms with Crippen LogP contribution < -0.4 is 5.32 Å². The number of nitrogens with one attached hydrogen (secondary N) is 1. The van der Waals surface area contributed by atoms with Crippen molar-refractivity contribution >= 4 is 49.9 Å². The predicted octanol–water partition coefficient (Wildman–Crippen LogP) is 1.80. The van der Waals surface area contributed by atoms with Crippen molar-refractivity contribution in [1.82, 2.24) is 5.32 Å². The van der Waals surface area contributed by atoms with E-state index in [1.54, 1.807) is 6.07 Å². The molecule has 21 heavy (non-hydrogen) atoms. The molecular weight excluding hydrogens is 314 g/mol. The molecule has 6 nitrogen and oxygen atoms in total. The lowest BCUT2D eigenvalue weighted by Gasteiger charge is -2.14. The molecule has 0 spiro atoms. The average molecular weight is 327 g/mol. The number of fused-ring (bicyclic) bond motifs is 1. The molecule has 1 unspecified atom stereocenters. The maximum atomic E-state index is 12.2. The third-order valence-electron chi connectivity index (χ3n) is 2.75. The van der Waals surface area contributed by atoms with Gasteiger partial charge in [-0.1, -0.05) is 0 Å². The van der Waals surface area contributed by atoms with E-state index in [0.717, 1.165) is 9.40 Å². The second kappa shape index (κ2) is 6.68. The largest absolute Gasteiger partial charge is 0.469 e. The zero-order valence-corrected chi connectivity index (χ0v) is 13.0. The molecule has 0 aromatic carbocycles. The van der Waals surface area contributed by atoms with Gasteiger partial charge in [0.1, 0.15) is 6.04 Å². The van der Waals surface area contributed by atoms with Gasteiger partial charge in [0.2, 0.25) is 0 Å². The molecule has 2 heterocycles. The third kappa shape index (κ3) is 3.59. The van der Waals surface area contributed by atoms with Crippen molar-refractivity contribution in [1.29, 1.82) is 0 Å². The number of carbonyl (C=O) groups excluding carboxylic acids is 3. The number of hydrogen-bond acceptors (Lipinski definition) is 7. The van der Waals surface area contributed by atoms with E-state index in [-0.39, 0.29) is 6.42 Å². The van der Waals surface area contributed by atoms with Crippen LogP contribution in [0.3, 0.4) is 0 Å². The SMILES string of the molecule is COC(=O)CC(NC(=O)c1cc2sccc2s1)C(=O)OC. The number of amides is 1. The van der Waals surface area contributed by atoms with Gasteiger partial charge in [0, 0.05) is 9.40 Å². The highest BCUT2D eigenvalue weighted by Crippen LogP contribution is 2.29. The minimum Gasteiger partial charge on any atom is -0.469 e. The molecule has 0 aliphatic rings. The van der Waals surface area contributed by atoms with Crippen molar-refractivity contribution in [3.8, 4) is 0 Å². The zero-order chi connectivity index (χ0) is 15.4. The van der Waals surface area contributed by atoms with Gasteiger partial charge in [-0.25, -0.2) is 4.79 Å². The molecule has 0 aliphatic heterocycles. The summed E-state index contributed by atoms with van der Waals surface area (Å²) in [5, 5.41) is 4.44. The molecule has 2 aromatic heterocycles. The molecule has 2 rings (SSSR count). The van der Waals surface area contributed by atoms with Crippen molar-refractivity contribution < 1.29 is 23.9 Å². The normalized spacial score (nSPS) is 11.9. The van der Waals surface area contributed by atoms with Crippen LogP contribution in [0, 0.1) is 0 Å². The van der Waals surface area contributed by atoms with Crippen molar-refractivity contribution in [2.24, 2.45) is 0 Å². The monoisotopic (exact) mass is 327 g/mol. The second-order valence-electron chi connectivity index (χ2n) is 4.09. The molecule has 0 bridgehead atoms. The molecule has 112 valence electrons. The van der Waals surface area contributed by atoms with E-state index in [1.165, 1.54) is 36.9 Å². The van der Waals surface area contributed by atoms with Crippen molar-refractivity contribution in [2.75, 3.05) is 14.2 Å². The van der Waals surface area contributed by atoms with Crippen LogP contribution in [0.25, 0.3) is 9.40 Å². The maximum Gasteiger partial charge on any atom is 0.328 e. The Morgan fingerprint density at radius 3 is 2.62 bits per heavy atom. The summed E-state index contributed by atoms with van der Waals surface area (Å²) in [6.45, 7) is 0. The van der Waals surface area contributed by atoms with E-state index >= 15 is 0 Å². The van der Waals surface area contributed by atoms with Gasteiger partial charge >= 0.3 is 11.9 Å². The molecule has 0 saturated carbocycles. The Hall–Kier alpha value is -1.93. The minimum atomic E-state index is -1.06. The van der Waals surface area contributed by atoms with Crippen LogP contribution in [0.4, 0.5) is 0 Å². The lowest BCUT2D eigenvalue weighted by molar-refractivity contribution is -0.149. The van der Waals surface area contributed by atoms with Gasteiger partial charge in [-0.2, -0.15) is 0 Å². The molecule has 1 N–H and O–H groups in total. The average Bonchev–Trinajstić information content (AvgIpc) is 3.06. The molecule has 1 amide bonds. The summed E-state index contributed by atoms with van der Waals surface area (Å²) < 4.78 is 11.1. The van der Waals surface area contributed by atoms with E-state index in [1.807, 2.05) is 11.4 Å². The Morgan fingerprint density at radius 2 is 2.00 bits per heavy atom. The minimum absolute atomic E-state index is 0.269. The summed E-state index contributed by atoms with van der Waals surface area (Å²) in [6.07, 6.45) is -0.269. The molecule has 2 aromatic rings. The van der Waals surface area contributed by atoms with Gasteiger partial charge in [0.25, 0.3) is 5.91 Å². The molecule has 0 fully saturated rings. The van der Waals surface area contributed by atoms with Gasteiger partial charge in [0.05, 0.1) is 25.5 Å². The molecule has 1 atom stereocenters. The Labute approximate surface area is 128 Å². The Balaban J connectivity index is 2.11. The van der Waals surface area contributed by atoms with Crippen LogP contribution >= 0.6 is 22.7 Å². The first-order valence-corrected chi connectivity index (χ1v) is 7.67. The number of methoxy groups -OCH3 is 2. The van der Waals surface area contributed by atoms with E-state index in [9.17, 15) is 14.4 Å². The molecular formula is C13H13NO5S2. The summed E-state index contributed by atoms with van der Waals surface area (Å²) in [5.74, 6) is -1.70. The fourth-order valence-corrected chi connectivity index (χ4v) is 3.70. The van der Waals surface area contributed by atoms with Crippen LogP contribution in [0.15, 0.2) is 17.5 Å². The Morgan fingerprint density at radius 1 is 1.24 bits per heavy atom. The number of carbonyl (C=O) groups is 3. The fourth-order valence-electron chi connectivity index (χ4n) is 1.69. The van der Waals surface area contributed by atoms with Crippen molar-refractivity contribution in [3.63, 3.8) is 0 Å². The molecule has 0 aliphatic carbocycles. The van der Waals surface area contributed by atoms with E-state index in [0.29, 0.717) is 4.88 Å². The topological polar surface area (TPSA) is 81.7 Å². The zero-order valence-electron chi connectivity index (χ0n) is 11.4. The first-order valence-electron chi connectivity index (χ1n) is 5.97. The van der Waals surface area contributed by atoms with Crippen LogP contribution in [-0.4, -0.2) is 38.1 Å². The van der Waals surface area contributed by atoms with E-state index in [2.05, 4.69) is 14.8 Å². The number of hydrogen-bond donors (Lipinski definition) is 1. The molecule has 0 radical (unpaired) electrons. The smallest absolute Gasteiger partial charge is 0.328 e. The van der Waals surface area contributed by atoms with Crippen molar-refractivity contribution in [3.05, 3.63) is 22.4 Å². The van der Waals surface area contributed by atoms with E-state index in [4.69, 9.17) is 0 Å².